The molecule has 1 aliphatic heterocycles. The van der Waals surface area contributed by atoms with Crippen LogP contribution in [0.3, 0.4) is 0 Å². The molecule has 30 heavy (non-hydrogen) atoms. The Kier molecular flexibility index (Phi) is 6.23. The molecule has 0 bridgehead atoms. The molecule has 1 aromatic carbocycles. The number of rotatable bonds is 6. The standard InChI is InChI=1S/C22H31N7O/c1-30-18-13-15(14-9-11-25-12-10-14)7-8-17(18)27-22-28-20(24)19(23)21(29-22)26-16-5-3-2-4-6-16/h7-9,13,16,25H,2-6,10-12,23H2,1H3,(H4,24,26,27,28,29). The van der Waals surface area contributed by atoms with E-state index in [0.29, 0.717) is 23.5 Å². The third-order valence-electron chi connectivity index (χ3n) is 5.80. The molecule has 0 saturated heterocycles. The van der Waals surface area contributed by atoms with Crippen LogP contribution in [0.5, 0.6) is 5.75 Å². The minimum atomic E-state index is 0.265. The van der Waals surface area contributed by atoms with Crippen LogP contribution < -0.4 is 32.2 Å². The molecule has 0 unspecified atom stereocenters. The summed E-state index contributed by atoms with van der Waals surface area (Å²) in [5, 5.41) is 10.0. The van der Waals surface area contributed by atoms with Crippen LogP contribution in [0.2, 0.25) is 0 Å². The molecule has 4 rings (SSSR count). The molecule has 1 aromatic heterocycles. The highest BCUT2D eigenvalue weighted by molar-refractivity contribution is 5.77. The Morgan fingerprint density at radius 2 is 1.97 bits per heavy atom. The summed E-state index contributed by atoms with van der Waals surface area (Å²) >= 11 is 0. The van der Waals surface area contributed by atoms with Crippen molar-refractivity contribution in [2.24, 2.45) is 0 Å². The van der Waals surface area contributed by atoms with Crippen LogP contribution in [-0.2, 0) is 0 Å². The van der Waals surface area contributed by atoms with Crippen molar-refractivity contribution in [1.29, 1.82) is 0 Å². The van der Waals surface area contributed by atoms with Gasteiger partial charge in [0.15, 0.2) is 11.6 Å². The first-order valence-corrected chi connectivity index (χ1v) is 10.7. The van der Waals surface area contributed by atoms with Gasteiger partial charge >= 0.3 is 0 Å². The quantitative estimate of drug-likeness (QED) is 0.491. The molecule has 1 fully saturated rings. The lowest BCUT2D eigenvalue weighted by Crippen LogP contribution is -2.24. The minimum absolute atomic E-state index is 0.265. The van der Waals surface area contributed by atoms with Crippen LogP contribution in [0.4, 0.5) is 29.0 Å². The van der Waals surface area contributed by atoms with Gasteiger partial charge in [-0.25, -0.2) is 0 Å². The minimum Gasteiger partial charge on any atom is -0.495 e. The van der Waals surface area contributed by atoms with Crippen LogP contribution in [0.1, 0.15) is 44.1 Å². The summed E-state index contributed by atoms with van der Waals surface area (Å²) in [6.45, 7) is 1.89. The van der Waals surface area contributed by atoms with E-state index in [9.17, 15) is 0 Å². The van der Waals surface area contributed by atoms with Gasteiger partial charge in [-0.15, -0.1) is 0 Å². The maximum atomic E-state index is 6.14. The van der Waals surface area contributed by atoms with Gasteiger partial charge in [-0.05, 0) is 49.1 Å². The first-order valence-electron chi connectivity index (χ1n) is 10.7. The summed E-state index contributed by atoms with van der Waals surface area (Å²) in [6, 6.07) is 6.49. The summed E-state index contributed by atoms with van der Waals surface area (Å²) in [5.41, 5.74) is 15.9. The number of nitrogens with zero attached hydrogens (tertiary/aromatic N) is 2. The van der Waals surface area contributed by atoms with Crippen molar-refractivity contribution < 1.29 is 4.74 Å². The Hall–Kier alpha value is -3.00. The van der Waals surface area contributed by atoms with Crippen molar-refractivity contribution in [3.8, 4) is 5.75 Å². The van der Waals surface area contributed by atoms with E-state index in [1.807, 2.05) is 12.1 Å². The van der Waals surface area contributed by atoms with Crippen molar-refractivity contribution in [1.82, 2.24) is 15.3 Å². The first kappa shape index (κ1) is 20.3. The van der Waals surface area contributed by atoms with Crippen molar-refractivity contribution in [3.05, 3.63) is 29.8 Å². The van der Waals surface area contributed by atoms with Crippen LogP contribution in [0.15, 0.2) is 24.3 Å². The Morgan fingerprint density at radius 1 is 1.13 bits per heavy atom. The van der Waals surface area contributed by atoms with Gasteiger partial charge in [0.2, 0.25) is 5.95 Å². The molecule has 0 amide bonds. The highest BCUT2D eigenvalue weighted by atomic mass is 16.5. The third-order valence-corrected chi connectivity index (χ3v) is 5.80. The number of ether oxygens (including phenoxy) is 1. The second kappa shape index (κ2) is 9.21. The number of benzene rings is 1. The molecule has 0 atom stereocenters. The van der Waals surface area contributed by atoms with Gasteiger partial charge in [-0.3, -0.25) is 0 Å². The molecular weight excluding hydrogens is 378 g/mol. The molecule has 160 valence electrons. The van der Waals surface area contributed by atoms with E-state index < -0.39 is 0 Å². The van der Waals surface area contributed by atoms with Crippen LogP contribution in [-0.4, -0.2) is 36.2 Å². The molecular formula is C22H31N7O. The fraction of sp³-hybridized carbons (Fsp3) is 0.455. The highest BCUT2D eigenvalue weighted by Gasteiger charge is 2.18. The smallest absolute Gasteiger partial charge is 0.231 e. The Morgan fingerprint density at radius 3 is 2.70 bits per heavy atom. The number of nitrogens with one attached hydrogen (secondary N) is 3. The number of hydrogen-bond acceptors (Lipinski definition) is 8. The number of nitrogen functional groups attached to an aromatic ring is 2. The predicted octanol–water partition coefficient (Wildman–Crippen LogP) is 3.51. The fourth-order valence-corrected chi connectivity index (χ4v) is 4.09. The summed E-state index contributed by atoms with van der Waals surface area (Å²) < 4.78 is 5.62. The normalized spacial score (nSPS) is 17.3. The lowest BCUT2D eigenvalue weighted by atomic mass is 9.95. The molecule has 1 aliphatic carbocycles. The number of methoxy groups -OCH3 is 1. The number of anilines is 5. The molecule has 8 heteroatoms. The Bertz CT molecular complexity index is 922. The first-order chi connectivity index (χ1) is 14.6. The van der Waals surface area contributed by atoms with E-state index in [0.717, 1.165) is 49.4 Å². The zero-order chi connectivity index (χ0) is 20.9. The average Bonchev–Trinajstić information content (AvgIpc) is 2.78. The molecule has 0 spiro atoms. The monoisotopic (exact) mass is 409 g/mol. The van der Waals surface area contributed by atoms with Crippen molar-refractivity contribution in [3.63, 3.8) is 0 Å². The van der Waals surface area contributed by atoms with E-state index in [4.69, 9.17) is 16.2 Å². The Balaban J connectivity index is 1.56. The van der Waals surface area contributed by atoms with Crippen LogP contribution in [0.25, 0.3) is 5.57 Å². The largest absolute Gasteiger partial charge is 0.495 e. The average molecular weight is 410 g/mol. The van der Waals surface area contributed by atoms with Gasteiger partial charge in [-0.2, -0.15) is 9.97 Å². The fourth-order valence-electron chi connectivity index (χ4n) is 4.09. The summed E-state index contributed by atoms with van der Waals surface area (Å²) in [7, 11) is 1.66. The van der Waals surface area contributed by atoms with Crippen molar-refractivity contribution >= 4 is 34.5 Å². The molecule has 7 N–H and O–H groups in total. The van der Waals surface area contributed by atoms with E-state index in [-0.39, 0.29) is 5.82 Å². The molecule has 2 heterocycles. The topological polar surface area (TPSA) is 123 Å². The number of aromatic nitrogens is 2. The van der Waals surface area contributed by atoms with Gasteiger partial charge in [0, 0.05) is 12.6 Å². The van der Waals surface area contributed by atoms with E-state index in [1.165, 1.54) is 24.8 Å². The maximum Gasteiger partial charge on any atom is 0.231 e. The van der Waals surface area contributed by atoms with Gasteiger partial charge in [0.05, 0.1) is 12.8 Å². The number of hydrogen-bond donors (Lipinski definition) is 5. The second-order valence-electron chi connectivity index (χ2n) is 7.90. The Labute approximate surface area is 177 Å². The molecule has 2 aromatic rings. The van der Waals surface area contributed by atoms with Crippen molar-refractivity contribution in [2.45, 2.75) is 44.6 Å². The third kappa shape index (κ3) is 4.59. The summed E-state index contributed by atoms with van der Waals surface area (Å²) in [5.74, 6) is 1.98. The van der Waals surface area contributed by atoms with Gasteiger partial charge < -0.3 is 32.2 Å². The van der Waals surface area contributed by atoms with E-state index in [1.54, 1.807) is 7.11 Å². The van der Waals surface area contributed by atoms with Gasteiger partial charge in [0.25, 0.3) is 0 Å². The lowest BCUT2D eigenvalue weighted by molar-refractivity contribution is 0.416. The van der Waals surface area contributed by atoms with E-state index in [2.05, 4.69) is 38.1 Å². The molecule has 2 aliphatic rings. The summed E-state index contributed by atoms with van der Waals surface area (Å²) in [4.78, 5) is 8.92. The van der Waals surface area contributed by atoms with Crippen LogP contribution >= 0.6 is 0 Å². The lowest BCUT2D eigenvalue weighted by Gasteiger charge is -2.24. The molecule has 1 saturated carbocycles. The summed E-state index contributed by atoms with van der Waals surface area (Å²) in [6.07, 6.45) is 9.19. The molecule has 0 radical (unpaired) electrons. The van der Waals surface area contributed by atoms with E-state index >= 15 is 0 Å². The predicted molar refractivity (Wildman–Crippen MR) is 123 cm³/mol. The maximum absolute atomic E-state index is 6.14. The van der Waals surface area contributed by atoms with Gasteiger partial charge in [0.1, 0.15) is 11.4 Å². The highest BCUT2D eigenvalue weighted by Crippen LogP contribution is 2.33. The molecule has 8 nitrogen and oxygen atoms in total. The van der Waals surface area contributed by atoms with Gasteiger partial charge in [-0.1, -0.05) is 31.4 Å². The SMILES string of the molecule is COc1cc(C2=CCNCC2)ccc1Nc1nc(N)c(N)c(NC2CCCCC2)n1. The zero-order valence-corrected chi connectivity index (χ0v) is 17.5. The second-order valence-corrected chi connectivity index (χ2v) is 7.90. The van der Waals surface area contributed by atoms with Crippen molar-refractivity contribution in [2.75, 3.05) is 42.3 Å². The van der Waals surface area contributed by atoms with Crippen LogP contribution in [0, 0.1) is 0 Å². The number of nitrogens with two attached hydrogens (primary N) is 2. The zero-order valence-electron chi connectivity index (χ0n) is 17.5.